The molecule has 1 aromatic heterocycles. The van der Waals surface area contributed by atoms with E-state index in [1.54, 1.807) is 0 Å². The maximum Gasteiger partial charge on any atom is 0.306 e. The molecule has 7 nitrogen and oxygen atoms in total. The summed E-state index contributed by atoms with van der Waals surface area (Å²) in [6, 6.07) is 0. The van der Waals surface area contributed by atoms with Crippen LogP contribution >= 0.6 is 0 Å². The van der Waals surface area contributed by atoms with Crippen LogP contribution in [0, 0.1) is 10.1 Å². The van der Waals surface area contributed by atoms with Gasteiger partial charge in [0.25, 0.3) is 0 Å². The van der Waals surface area contributed by atoms with Crippen molar-refractivity contribution in [3.05, 3.63) is 22.5 Å². The Morgan fingerprint density at radius 1 is 1.56 bits per heavy atom. The standard InChI is InChI=1S/C6H10O2.C3H3N3O2/c1-2-5-6(8-5)4-7-3-1;7-6(8)3-1-4-5-2-3/h5-6H,1-4H2;1-2H,(H,4,5). The van der Waals surface area contributed by atoms with Crippen LogP contribution in [-0.2, 0) is 9.47 Å². The van der Waals surface area contributed by atoms with Gasteiger partial charge in [-0.25, -0.2) is 0 Å². The van der Waals surface area contributed by atoms with Crippen LogP contribution in [0.5, 0.6) is 0 Å². The van der Waals surface area contributed by atoms with Crippen LogP contribution in [0.1, 0.15) is 12.8 Å². The van der Waals surface area contributed by atoms with Crippen molar-refractivity contribution in [3.8, 4) is 0 Å². The van der Waals surface area contributed by atoms with E-state index < -0.39 is 4.92 Å². The van der Waals surface area contributed by atoms with Gasteiger partial charge in [0, 0.05) is 6.61 Å². The molecule has 88 valence electrons. The van der Waals surface area contributed by atoms with Crippen LogP contribution in [0.3, 0.4) is 0 Å². The smallest absolute Gasteiger partial charge is 0.306 e. The number of nitro groups is 1. The zero-order valence-electron chi connectivity index (χ0n) is 8.67. The fraction of sp³-hybridized carbons (Fsp3) is 0.667. The largest absolute Gasteiger partial charge is 0.379 e. The highest BCUT2D eigenvalue weighted by Crippen LogP contribution is 2.28. The quantitative estimate of drug-likeness (QED) is 0.436. The SMILES string of the molecule is C1COCC2OC2C1.O=[N+]([O-])c1cn[nH]c1. The summed E-state index contributed by atoms with van der Waals surface area (Å²) in [6.07, 6.45) is 5.81. The molecule has 2 aliphatic heterocycles. The van der Waals surface area contributed by atoms with Crippen molar-refractivity contribution in [3.63, 3.8) is 0 Å². The highest BCUT2D eigenvalue weighted by atomic mass is 16.6. The van der Waals surface area contributed by atoms with Crippen LogP contribution in [-0.4, -0.2) is 40.5 Å². The molecular weight excluding hydrogens is 214 g/mol. The summed E-state index contributed by atoms with van der Waals surface area (Å²) in [7, 11) is 0. The number of aromatic amines is 1. The van der Waals surface area contributed by atoms with E-state index in [4.69, 9.17) is 9.47 Å². The first-order valence-corrected chi connectivity index (χ1v) is 5.14. The number of rotatable bonds is 1. The zero-order chi connectivity index (χ0) is 11.4. The molecule has 0 saturated carbocycles. The molecule has 2 saturated heterocycles. The minimum absolute atomic E-state index is 0.00926. The van der Waals surface area contributed by atoms with Crippen molar-refractivity contribution in [2.24, 2.45) is 0 Å². The molecule has 7 heteroatoms. The molecule has 0 radical (unpaired) electrons. The van der Waals surface area contributed by atoms with Crippen molar-refractivity contribution in [1.29, 1.82) is 0 Å². The normalized spacial score (nSPS) is 27.0. The van der Waals surface area contributed by atoms with Gasteiger partial charge in [-0.3, -0.25) is 15.2 Å². The van der Waals surface area contributed by atoms with Crippen molar-refractivity contribution >= 4 is 5.69 Å². The van der Waals surface area contributed by atoms with E-state index in [9.17, 15) is 10.1 Å². The van der Waals surface area contributed by atoms with E-state index in [0.29, 0.717) is 12.2 Å². The Morgan fingerprint density at radius 3 is 3.06 bits per heavy atom. The summed E-state index contributed by atoms with van der Waals surface area (Å²) in [4.78, 5) is 9.30. The minimum atomic E-state index is -0.510. The molecule has 16 heavy (non-hydrogen) atoms. The fourth-order valence-electron chi connectivity index (χ4n) is 1.51. The molecule has 2 fully saturated rings. The maximum atomic E-state index is 9.81. The number of aromatic nitrogens is 2. The zero-order valence-corrected chi connectivity index (χ0v) is 8.67. The molecule has 3 rings (SSSR count). The van der Waals surface area contributed by atoms with Gasteiger partial charge in [0.15, 0.2) is 0 Å². The van der Waals surface area contributed by atoms with E-state index in [1.165, 1.54) is 19.0 Å². The number of hydrogen-bond donors (Lipinski definition) is 1. The number of epoxide rings is 1. The molecule has 2 atom stereocenters. The summed E-state index contributed by atoms with van der Waals surface area (Å²) >= 11 is 0. The topological polar surface area (TPSA) is 93.6 Å². The predicted octanol–water partition coefficient (Wildman–Crippen LogP) is 0.882. The first-order valence-electron chi connectivity index (χ1n) is 5.14. The van der Waals surface area contributed by atoms with Crippen LogP contribution in [0.4, 0.5) is 5.69 Å². The highest BCUT2D eigenvalue weighted by Gasteiger charge is 2.39. The number of fused-ring (bicyclic) bond motifs is 1. The number of ether oxygens (including phenoxy) is 2. The van der Waals surface area contributed by atoms with E-state index in [0.717, 1.165) is 19.4 Å². The van der Waals surface area contributed by atoms with Gasteiger partial charge in [-0.15, -0.1) is 0 Å². The Balaban J connectivity index is 0.000000120. The monoisotopic (exact) mass is 227 g/mol. The Hall–Kier alpha value is -1.47. The van der Waals surface area contributed by atoms with Gasteiger partial charge >= 0.3 is 5.69 Å². The second-order valence-corrected chi connectivity index (χ2v) is 3.64. The lowest BCUT2D eigenvalue weighted by molar-refractivity contribution is -0.384. The van der Waals surface area contributed by atoms with Crippen molar-refractivity contribution in [2.45, 2.75) is 25.0 Å². The average molecular weight is 227 g/mol. The highest BCUT2D eigenvalue weighted by molar-refractivity contribution is 5.19. The second-order valence-electron chi connectivity index (χ2n) is 3.64. The number of nitrogens with zero attached hydrogens (tertiary/aromatic N) is 2. The van der Waals surface area contributed by atoms with E-state index >= 15 is 0 Å². The molecule has 2 unspecified atom stereocenters. The van der Waals surface area contributed by atoms with Gasteiger partial charge in [-0.2, -0.15) is 5.10 Å². The van der Waals surface area contributed by atoms with Crippen LogP contribution in [0.25, 0.3) is 0 Å². The molecule has 1 N–H and O–H groups in total. The third kappa shape index (κ3) is 3.01. The van der Waals surface area contributed by atoms with Gasteiger partial charge in [-0.05, 0) is 12.8 Å². The van der Waals surface area contributed by atoms with Crippen molar-refractivity contribution < 1.29 is 14.4 Å². The summed E-state index contributed by atoms with van der Waals surface area (Å²) in [5.41, 5.74) is -0.00926. The van der Waals surface area contributed by atoms with Gasteiger partial charge in [-0.1, -0.05) is 0 Å². The lowest BCUT2D eigenvalue weighted by Crippen LogP contribution is -1.99. The molecule has 3 heterocycles. The van der Waals surface area contributed by atoms with E-state index in [-0.39, 0.29) is 5.69 Å². The van der Waals surface area contributed by atoms with Gasteiger partial charge < -0.3 is 9.47 Å². The Bertz CT molecular complexity index is 331. The maximum absolute atomic E-state index is 9.81. The van der Waals surface area contributed by atoms with Gasteiger partial charge in [0.2, 0.25) is 0 Å². The van der Waals surface area contributed by atoms with Crippen LogP contribution < -0.4 is 0 Å². The minimum Gasteiger partial charge on any atom is -0.379 e. The Morgan fingerprint density at radius 2 is 2.44 bits per heavy atom. The molecule has 2 aliphatic rings. The Labute approximate surface area is 91.9 Å². The molecule has 0 amide bonds. The van der Waals surface area contributed by atoms with Crippen molar-refractivity contribution in [2.75, 3.05) is 13.2 Å². The predicted molar refractivity (Wildman–Crippen MR) is 54.0 cm³/mol. The van der Waals surface area contributed by atoms with E-state index in [1.807, 2.05) is 0 Å². The molecule has 0 bridgehead atoms. The molecule has 0 aromatic carbocycles. The third-order valence-corrected chi connectivity index (χ3v) is 2.44. The third-order valence-electron chi connectivity index (χ3n) is 2.44. The van der Waals surface area contributed by atoms with E-state index in [2.05, 4.69) is 10.2 Å². The van der Waals surface area contributed by atoms with Gasteiger partial charge in [0.1, 0.15) is 12.3 Å². The molecular formula is C9H13N3O4. The fourth-order valence-corrected chi connectivity index (χ4v) is 1.51. The average Bonchev–Trinajstić information content (AvgIpc) is 2.80. The first-order chi connectivity index (χ1) is 7.77. The summed E-state index contributed by atoms with van der Waals surface area (Å²) in [6.45, 7) is 1.78. The van der Waals surface area contributed by atoms with Crippen LogP contribution in [0.2, 0.25) is 0 Å². The first kappa shape index (κ1) is 11.0. The molecule has 1 aromatic rings. The van der Waals surface area contributed by atoms with Crippen LogP contribution in [0.15, 0.2) is 12.4 Å². The lowest BCUT2D eigenvalue weighted by atomic mass is 10.2. The lowest BCUT2D eigenvalue weighted by Gasteiger charge is -1.94. The van der Waals surface area contributed by atoms with Crippen molar-refractivity contribution in [1.82, 2.24) is 10.2 Å². The van der Waals surface area contributed by atoms with Gasteiger partial charge in [0.05, 0.1) is 23.8 Å². The molecule has 0 aliphatic carbocycles. The summed E-state index contributed by atoms with van der Waals surface area (Å²) < 4.78 is 10.5. The second kappa shape index (κ2) is 5.04. The Kier molecular flexibility index (Phi) is 3.47. The molecule has 0 spiro atoms. The number of nitrogens with one attached hydrogen (secondary N) is 1. The summed E-state index contributed by atoms with van der Waals surface area (Å²) in [5, 5.41) is 15.5. The summed E-state index contributed by atoms with van der Waals surface area (Å²) in [5.74, 6) is 0. The number of hydrogen-bond acceptors (Lipinski definition) is 5. The number of H-pyrrole nitrogens is 1.